The molecule has 0 bridgehead atoms. The molecule has 80 valence electrons. The van der Waals surface area contributed by atoms with Gasteiger partial charge in [-0.15, -0.1) is 11.3 Å². The second-order valence-electron chi connectivity index (χ2n) is 2.91. The first-order chi connectivity index (χ1) is 6.51. The van der Waals surface area contributed by atoms with Crippen LogP contribution in [-0.4, -0.2) is 22.5 Å². The van der Waals surface area contributed by atoms with Gasteiger partial charge in [-0.25, -0.2) is 13.1 Å². The minimum atomic E-state index is -3.28. The SMILES string of the molecule is CNCc1sc(S(=O)(=O)NC)cc1C. The van der Waals surface area contributed by atoms with Crippen LogP contribution in [0.15, 0.2) is 10.3 Å². The van der Waals surface area contributed by atoms with Crippen LogP contribution in [-0.2, 0) is 16.6 Å². The van der Waals surface area contributed by atoms with Crippen molar-refractivity contribution in [3.05, 3.63) is 16.5 Å². The molecule has 0 spiro atoms. The summed E-state index contributed by atoms with van der Waals surface area (Å²) in [5.74, 6) is 0. The third kappa shape index (κ3) is 2.33. The molecular weight excluding hydrogens is 220 g/mol. The number of thiophene rings is 1. The summed E-state index contributed by atoms with van der Waals surface area (Å²) < 4.78 is 25.6. The third-order valence-electron chi connectivity index (χ3n) is 1.87. The maximum atomic E-state index is 11.4. The van der Waals surface area contributed by atoms with Crippen molar-refractivity contribution >= 4 is 21.4 Å². The fraction of sp³-hybridized carbons (Fsp3) is 0.500. The average molecular weight is 234 g/mol. The molecule has 0 fully saturated rings. The number of aryl methyl sites for hydroxylation is 1. The molecule has 1 rings (SSSR count). The highest BCUT2D eigenvalue weighted by molar-refractivity contribution is 7.91. The Bertz CT molecular complexity index is 409. The number of nitrogens with one attached hydrogen (secondary N) is 2. The van der Waals surface area contributed by atoms with Crippen molar-refractivity contribution in [1.29, 1.82) is 0 Å². The zero-order valence-corrected chi connectivity index (χ0v) is 10.1. The summed E-state index contributed by atoms with van der Waals surface area (Å²) in [7, 11) is -0.0200. The molecule has 4 nitrogen and oxygen atoms in total. The average Bonchev–Trinajstić information content (AvgIpc) is 2.49. The molecule has 0 saturated carbocycles. The zero-order chi connectivity index (χ0) is 10.8. The van der Waals surface area contributed by atoms with Crippen LogP contribution in [0.5, 0.6) is 0 Å². The molecule has 2 N–H and O–H groups in total. The Morgan fingerprint density at radius 2 is 2.07 bits per heavy atom. The molecule has 0 aliphatic rings. The van der Waals surface area contributed by atoms with E-state index < -0.39 is 10.0 Å². The Hall–Kier alpha value is -0.430. The third-order valence-corrected chi connectivity index (χ3v) is 4.99. The molecule has 1 aromatic heterocycles. The first-order valence-corrected chi connectivity index (χ1v) is 6.48. The van der Waals surface area contributed by atoms with Gasteiger partial charge >= 0.3 is 0 Å². The van der Waals surface area contributed by atoms with Crippen LogP contribution in [0.1, 0.15) is 10.4 Å². The highest BCUT2D eigenvalue weighted by atomic mass is 32.2. The van der Waals surface area contributed by atoms with Crippen LogP contribution < -0.4 is 10.0 Å². The van der Waals surface area contributed by atoms with E-state index in [0.717, 1.165) is 10.4 Å². The normalized spacial score (nSPS) is 11.9. The molecule has 6 heteroatoms. The van der Waals surface area contributed by atoms with Crippen molar-refractivity contribution in [3.63, 3.8) is 0 Å². The molecular formula is C8H14N2O2S2. The van der Waals surface area contributed by atoms with E-state index in [1.54, 1.807) is 6.07 Å². The van der Waals surface area contributed by atoms with E-state index in [9.17, 15) is 8.42 Å². The van der Waals surface area contributed by atoms with Gasteiger partial charge in [0.2, 0.25) is 10.0 Å². The number of rotatable bonds is 4. The molecule has 0 aliphatic carbocycles. The van der Waals surface area contributed by atoms with Gasteiger partial charge in [0.1, 0.15) is 4.21 Å². The fourth-order valence-corrected chi connectivity index (χ4v) is 3.50. The number of sulfonamides is 1. The van der Waals surface area contributed by atoms with E-state index in [2.05, 4.69) is 10.0 Å². The lowest BCUT2D eigenvalue weighted by molar-refractivity contribution is 0.590. The summed E-state index contributed by atoms with van der Waals surface area (Å²) in [5, 5.41) is 3.00. The lowest BCUT2D eigenvalue weighted by Gasteiger charge is -1.96. The fourth-order valence-electron chi connectivity index (χ4n) is 1.06. The number of hydrogen-bond donors (Lipinski definition) is 2. The van der Waals surface area contributed by atoms with Gasteiger partial charge in [0.15, 0.2) is 0 Å². The van der Waals surface area contributed by atoms with Crippen molar-refractivity contribution < 1.29 is 8.42 Å². The van der Waals surface area contributed by atoms with Gasteiger partial charge in [-0.3, -0.25) is 0 Å². The van der Waals surface area contributed by atoms with Gasteiger partial charge in [-0.2, -0.15) is 0 Å². The van der Waals surface area contributed by atoms with Gasteiger partial charge in [0, 0.05) is 11.4 Å². The quantitative estimate of drug-likeness (QED) is 0.805. The summed E-state index contributed by atoms with van der Waals surface area (Å²) in [5.41, 5.74) is 1.01. The van der Waals surface area contributed by atoms with Crippen LogP contribution in [0.2, 0.25) is 0 Å². The first kappa shape index (κ1) is 11.6. The molecule has 14 heavy (non-hydrogen) atoms. The van der Waals surface area contributed by atoms with Crippen molar-refractivity contribution in [2.45, 2.75) is 17.7 Å². The maximum Gasteiger partial charge on any atom is 0.249 e. The molecule has 0 atom stereocenters. The zero-order valence-electron chi connectivity index (χ0n) is 8.42. The predicted molar refractivity (Wildman–Crippen MR) is 58.1 cm³/mol. The van der Waals surface area contributed by atoms with Crippen molar-refractivity contribution in [1.82, 2.24) is 10.0 Å². The summed E-state index contributed by atoms with van der Waals surface area (Å²) in [6.45, 7) is 2.62. The lowest BCUT2D eigenvalue weighted by Crippen LogP contribution is -2.17. The first-order valence-electron chi connectivity index (χ1n) is 4.18. The van der Waals surface area contributed by atoms with E-state index >= 15 is 0 Å². The topological polar surface area (TPSA) is 58.2 Å². The maximum absolute atomic E-state index is 11.4. The highest BCUT2D eigenvalue weighted by Gasteiger charge is 2.16. The Morgan fingerprint density at radius 3 is 2.57 bits per heavy atom. The summed E-state index contributed by atoms with van der Waals surface area (Å²) >= 11 is 1.30. The second-order valence-corrected chi connectivity index (χ2v) is 6.16. The Morgan fingerprint density at radius 1 is 1.43 bits per heavy atom. The van der Waals surface area contributed by atoms with E-state index in [-0.39, 0.29) is 0 Å². The van der Waals surface area contributed by atoms with Gasteiger partial charge in [0.25, 0.3) is 0 Å². The molecule has 1 heterocycles. The molecule has 1 aromatic rings. The van der Waals surface area contributed by atoms with Gasteiger partial charge < -0.3 is 5.32 Å². The van der Waals surface area contributed by atoms with Gasteiger partial charge in [0.05, 0.1) is 0 Å². The van der Waals surface area contributed by atoms with Crippen LogP contribution >= 0.6 is 11.3 Å². The molecule has 0 unspecified atom stereocenters. The van der Waals surface area contributed by atoms with E-state index in [4.69, 9.17) is 0 Å². The summed E-state index contributed by atoms with van der Waals surface area (Å²) in [6.07, 6.45) is 0. The monoisotopic (exact) mass is 234 g/mol. The van der Waals surface area contributed by atoms with E-state index in [1.165, 1.54) is 18.4 Å². The lowest BCUT2D eigenvalue weighted by atomic mass is 10.3. The minimum Gasteiger partial charge on any atom is -0.315 e. The Kier molecular flexibility index (Phi) is 3.65. The van der Waals surface area contributed by atoms with Gasteiger partial charge in [-0.1, -0.05) is 0 Å². The van der Waals surface area contributed by atoms with Crippen molar-refractivity contribution in [3.8, 4) is 0 Å². The standard InChI is InChI=1S/C8H14N2O2S2/c1-6-4-8(14(11,12)10-3)13-7(6)5-9-2/h4,9-10H,5H2,1-3H3. The smallest absolute Gasteiger partial charge is 0.249 e. The van der Waals surface area contributed by atoms with E-state index in [0.29, 0.717) is 10.8 Å². The molecule has 0 saturated heterocycles. The number of hydrogen-bond acceptors (Lipinski definition) is 4. The minimum absolute atomic E-state index is 0.378. The van der Waals surface area contributed by atoms with Crippen molar-refractivity contribution in [2.75, 3.05) is 14.1 Å². The highest BCUT2D eigenvalue weighted by Crippen LogP contribution is 2.25. The molecule has 0 aromatic carbocycles. The van der Waals surface area contributed by atoms with Crippen LogP contribution in [0.25, 0.3) is 0 Å². The van der Waals surface area contributed by atoms with E-state index in [1.807, 2.05) is 14.0 Å². The second kappa shape index (κ2) is 4.39. The summed E-state index contributed by atoms with van der Waals surface area (Å²) in [6, 6.07) is 1.70. The molecule has 0 radical (unpaired) electrons. The Labute approximate surface area is 88.4 Å². The van der Waals surface area contributed by atoms with Crippen LogP contribution in [0, 0.1) is 6.92 Å². The van der Waals surface area contributed by atoms with Crippen LogP contribution in [0.3, 0.4) is 0 Å². The summed E-state index contributed by atoms with van der Waals surface area (Å²) in [4.78, 5) is 1.06. The molecule has 0 amide bonds. The Balaban J connectivity index is 3.08. The molecule has 0 aliphatic heterocycles. The van der Waals surface area contributed by atoms with Gasteiger partial charge in [-0.05, 0) is 32.6 Å². The van der Waals surface area contributed by atoms with Crippen molar-refractivity contribution in [2.24, 2.45) is 0 Å². The largest absolute Gasteiger partial charge is 0.315 e. The van der Waals surface area contributed by atoms with Crippen LogP contribution in [0.4, 0.5) is 0 Å². The predicted octanol–water partition coefficient (Wildman–Crippen LogP) is 0.684.